The summed E-state index contributed by atoms with van der Waals surface area (Å²) in [7, 11) is 0. The number of benzene rings is 1. The van der Waals surface area contributed by atoms with Crippen molar-refractivity contribution in [2.75, 3.05) is 6.61 Å². The van der Waals surface area contributed by atoms with E-state index in [1.165, 1.54) is 10.9 Å². The highest BCUT2D eigenvalue weighted by atomic mass is 16.5. The molecule has 0 spiro atoms. The number of esters is 1. The van der Waals surface area contributed by atoms with E-state index in [1.54, 1.807) is 0 Å². The third-order valence-electron chi connectivity index (χ3n) is 3.47. The standard InChI is InChI=1S/C16H21NO2/c1-4-12-7-8-15-13(11-12)9-10-17(15)14(5-2)16(18)19-6-3/h7-11,14H,4-6H2,1-3H3. The zero-order chi connectivity index (χ0) is 13.8. The van der Waals surface area contributed by atoms with Crippen LogP contribution >= 0.6 is 0 Å². The van der Waals surface area contributed by atoms with Gasteiger partial charge in [-0.2, -0.15) is 0 Å². The summed E-state index contributed by atoms with van der Waals surface area (Å²) in [6.07, 6.45) is 3.74. The molecule has 0 amide bonds. The minimum absolute atomic E-state index is 0.151. The van der Waals surface area contributed by atoms with E-state index in [0.29, 0.717) is 6.61 Å². The van der Waals surface area contributed by atoms with Gasteiger partial charge in [0, 0.05) is 11.7 Å². The van der Waals surface area contributed by atoms with Gasteiger partial charge in [0.2, 0.25) is 0 Å². The maximum Gasteiger partial charge on any atom is 0.329 e. The van der Waals surface area contributed by atoms with Gasteiger partial charge in [0.1, 0.15) is 6.04 Å². The summed E-state index contributed by atoms with van der Waals surface area (Å²) >= 11 is 0. The van der Waals surface area contributed by atoms with Crippen molar-refractivity contribution in [3.63, 3.8) is 0 Å². The number of hydrogen-bond acceptors (Lipinski definition) is 2. The van der Waals surface area contributed by atoms with Crippen molar-refractivity contribution in [1.82, 2.24) is 4.57 Å². The van der Waals surface area contributed by atoms with E-state index in [1.807, 2.05) is 24.6 Å². The zero-order valence-corrected chi connectivity index (χ0v) is 11.8. The minimum atomic E-state index is -0.232. The third kappa shape index (κ3) is 2.65. The van der Waals surface area contributed by atoms with Gasteiger partial charge in [-0.15, -0.1) is 0 Å². The summed E-state index contributed by atoms with van der Waals surface area (Å²) in [6.45, 7) is 6.42. The number of fused-ring (bicyclic) bond motifs is 1. The highest BCUT2D eigenvalue weighted by Crippen LogP contribution is 2.24. The molecule has 0 aliphatic carbocycles. The molecule has 0 bridgehead atoms. The van der Waals surface area contributed by atoms with Crippen LogP contribution in [-0.4, -0.2) is 17.1 Å². The Kier molecular flexibility index (Phi) is 4.25. The van der Waals surface area contributed by atoms with E-state index in [-0.39, 0.29) is 12.0 Å². The third-order valence-corrected chi connectivity index (χ3v) is 3.47. The van der Waals surface area contributed by atoms with E-state index in [4.69, 9.17) is 4.74 Å². The average molecular weight is 259 g/mol. The average Bonchev–Trinajstić information content (AvgIpc) is 2.83. The molecule has 1 aromatic heterocycles. The smallest absolute Gasteiger partial charge is 0.329 e. The molecule has 0 radical (unpaired) electrons. The molecule has 0 saturated carbocycles. The van der Waals surface area contributed by atoms with Crippen LogP contribution in [0.25, 0.3) is 10.9 Å². The Morgan fingerprint density at radius 2 is 2.05 bits per heavy atom. The molecule has 1 heterocycles. The second-order valence-electron chi connectivity index (χ2n) is 4.65. The Balaban J connectivity index is 2.41. The highest BCUT2D eigenvalue weighted by molar-refractivity contribution is 5.84. The van der Waals surface area contributed by atoms with Crippen LogP contribution < -0.4 is 0 Å². The molecular formula is C16H21NO2. The predicted molar refractivity (Wildman–Crippen MR) is 77.3 cm³/mol. The Morgan fingerprint density at radius 1 is 1.26 bits per heavy atom. The largest absolute Gasteiger partial charge is 0.464 e. The lowest BCUT2D eigenvalue weighted by atomic mass is 10.1. The second kappa shape index (κ2) is 5.91. The predicted octanol–water partition coefficient (Wildman–Crippen LogP) is 3.72. The topological polar surface area (TPSA) is 31.2 Å². The lowest BCUT2D eigenvalue weighted by molar-refractivity contribution is -0.147. The zero-order valence-electron chi connectivity index (χ0n) is 11.8. The molecule has 3 nitrogen and oxygen atoms in total. The maximum absolute atomic E-state index is 12.0. The summed E-state index contributed by atoms with van der Waals surface area (Å²) < 4.78 is 7.17. The first-order valence-electron chi connectivity index (χ1n) is 6.97. The molecule has 2 aromatic rings. The molecule has 19 heavy (non-hydrogen) atoms. The van der Waals surface area contributed by atoms with Crippen molar-refractivity contribution in [2.24, 2.45) is 0 Å². The molecule has 3 heteroatoms. The number of carbonyl (C=O) groups excluding carboxylic acids is 1. The SMILES string of the molecule is CCOC(=O)C(CC)n1ccc2cc(CC)ccc21. The van der Waals surface area contributed by atoms with Crippen molar-refractivity contribution in [1.29, 1.82) is 0 Å². The lowest BCUT2D eigenvalue weighted by Crippen LogP contribution is -2.20. The second-order valence-corrected chi connectivity index (χ2v) is 4.65. The summed E-state index contributed by atoms with van der Waals surface area (Å²) in [5.41, 5.74) is 2.41. The van der Waals surface area contributed by atoms with Gasteiger partial charge in [-0.3, -0.25) is 0 Å². The van der Waals surface area contributed by atoms with Crippen LogP contribution in [0.2, 0.25) is 0 Å². The van der Waals surface area contributed by atoms with Crippen molar-refractivity contribution >= 4 is 16.9 Å². The molecule has 0 aliphatic rings. The molecule has 0 N–H and O–H groups in total. The fraction of sp³-hybridized carbons (Fsp3) is 0.438. The quantitative estimate of drug-likeness (QED) is 0.766. The number of rotatable bonds is 5. The number of aromatic nitrogens is 1. The van der Waals surface area contributed by atoms with Crippen LogP contribution in [0.5, 0.6) is 0 Å². The Hall–Kier alpha value is -1.77. The molecule has 1 atom stereocenters. The molecule has 102 valence electrons. The highest BCUT2D eigenvalue weighted by Gasteiger charge is 2.20. The molecule has 1 aromatic carbocycles. The van der Waals surface area contributed by atoms with E-state index < -0.39 is 0 Å². The molecular weight excluding hydrogens is 238 g/mol. The molecule has 2 rings (SSSR count). The van der Waals surface area contributed by atoms with E-state index in [2.05, 4.69) is 31.2 Å². The van der Waals surface area contributed by atoms with Crippen LogP contribution in [0.4, 0.5) is 0 Å². The summed E-state index contributed by atoms with van der Waals surface area (Å²) in [5.74, 6) is -0.151. The van der Waals surface area contributed by atoms with Crippen LogP contribution in [0.15, 0.2) is 30.5 Å². The van der Waals surface area contributed by atoms with Crippen LogP contribution in [0, 0.1) is 0 Å². The van der Waals surface area contributed by atoms with E-state index in [9.17, 15) is 4.79 Å². The number of nitrogens with zero attached hydrogens (tertiary/aromatic N) is 1. The van der Waals surface area contributed by atoms with Gasteiger partial charge in [0.25, 0.3) is 0 Å². The summed E-state index contributed by atoms with van der Waals surface area (Å²) in [4.78, 5) is 12.0. The first-order chi connectivity index (χ1) is 9.21. The minimum Gasteiger partial charge on any atom is -0.464 e. The number of carbonyl (C=O) groups is 1. The Morgan fingerprint density at radius 3 is 2.68 bits per heavy atom. The van der Waals surface area contributed by atoms with Crippen molar-refractivity contribution in [2.45, 2.75) is 39.7 Å². The fourth-order valence-corrected chi connectivity index (χ4v) is 2.42. The number of hydrogen-bond donors (Lipinski definition) is 0. The van der Waals surface area contributed by atoms with Gasteiger partial charge in [-0.05, 0) is 48.9 Å². The van der Waals surface area contributed by atoms with E-state index >= 15 is 0 Å². The molecule has 0 aliphatic heterocycles. The molecule has 0 saturated heterocycles. The van der Waals surface area contributed by atoms with E-state index in [0.717, 1.165) is 18.4 Å². The Labute approximate surface area is 114 Å². The normalized spacial score (nSPS) is 12.6. The lowest BCUT2D eigenvalue weighted by Gasteiger charge is -2.16. The van der Waals surface area contributed by atoms with Gasteiger partial charge in [0.05, 0.1) is 6.61 Å². The van der Waals surface area contributed by atoms with Crippen molar-refractivity contribution < 1.29 is 9.53 Å². The summed E-state index contributed by atoms with van der Waals surface area (Å²) in [5, 5.41) is 1.18. The molecule has 1 unspecified atom stereocenters. The van der Waals surface area contributed by atoms with Crippen LogP contribution in [0.3, 0.4) is 0 Å². The van der Waals surface area contributed by atoms with Crippen LogP contribution in [-0.2, 0) is 16.0 Å². The fourth-order valence-electron chi connectivity index (χ4n) is 2.42. The van der Waals surface area contributed by atoms with Gasteiger partial charge in [0.15, 0.2) is 0 Å². The Bertz CT molecular complexity index is 571. The van der Waals surface area contributed by atoms with Gasteiger partial charge < -0.3 is 9.30 Å². The molecule has 0 fully saturated rings. The van der Waals surface area contributed by atoms with Gasteiger partial charge >= 0.3 is 5.97 Å². The monoisotopic (exact) mass is 259 g/mol. The number of aryl methyl sites for hydroxylation is 1. The van der Waals surface area contributed by atoms with Crippen molar-refractivity contribution in [3.8, 4) is 0 Å². The first-order valence-corrected chi connectivity index (χ1v) is 6.97. The van der Waals surface area contributed by atoms with Crippen LogP contribution in [0.1, 0.15) is 38.8 Å². The first kappa shape index (κ1) is 13.7. The van der Waals surface area contributed by atoms with Gasteiger partial charge in [-0.25, -0.2) is 4.79 Å². The van der Waals surface area contributed by atoms with Crippen molar-refractivity contribution in [3.05, 3.63) is 36.0 Å². The maximum atomic E-state index is 12.0. The van der Waals surface area contributed by atoms with Gasteiger partial charge in [-0.1, -0.05) is 19.9 Å². The summed E-state index contributed by atoms with van der Waals surface area (Å²) in [6, 6.07) is 8.23. The number of ether oxygens (including phenoxy) is 1.